The third-order valence-electron chi connectivity index (χ3n) is 17.4. The Labute approximate surface area is 666 Å². The highest BCUT2D eigenvalue weighted by molar-refractivity contribution is 6.02. The smallest absolute Gasteiger partial charge is 0.326 e. The summed E-state index contributed by atoms with van der Waals surface area (Å²) in [6.07, 6.45) is -6.93. The van der Waals surface area contributed by atoms with Crippen molar-refractivity contribution in [2.24, 2.45) is 40.7 Å². The molecule has 16 amide bonds. The number of carbonyl (C=O) groups excluding carboxylic acids is 16. The van der Waals surface area contributed by atoms with Crippen molar-refractivity contribution in [3.8, 4) is 0 Å². The second-order valence-corrected chi connectivity index (χ2v) is 28.0. The minimum atomic E-state index is -2.25. The summed E-state index contributed by atoms with van der Waals surface area (Å²) in [5, 5.41) is 98.4. The molecular weight excluding hydrogens is 1560 g/mol. The monoisotopic (exact) mass is 1660 g/mol. The quantitative estimate of drug-likeness (QED) is 0.0292. The number of carbonyl (C=O) groups is 21. The zero-order chi connectivity index (χ0) is 88.8. The molecule has 30 N–H and O–H groups in total. The summed E-state index contributed by atoms with van der Waals surface area (Å²) < 4.78 is 0. The molecule has 117 heavy (non-hydrogen) atoms. The summed E-state index contributed by atoms with van der Waals surface area (Å²) in [6, 6.07) is -26.2. The number of hydrogen-bond donors (Lipinski definition) is 26. The zero-order valence-electron chi connectivity index (χ0n) is 64.9. The standard InChI is InChI=1S/C68H105N21O28/c1-8-30(6)53(88-65(113)52(29(4)5)87-55(103)34(69)9-13-45(70)92)66(114)85-41(20-47(72)94)61(109)77-36(11-15-48(95)96)57(105)89-54(31(7)91)67(115)86-44(25-90)64(112)78-35(10-14-46(71)93)56(104)81-39(18-32-23-73-26-75-32)59(107)82-40(19-33-24-74-27-76-33)60(108)83-43(22-51(101)102)63(111)84-42(21-50(99)100)62(110)80-38(17-28(2)3)58(106)79-37(68(116)117)12-16-49(97)98/h23-24,26-31,34-44,52-54,90-91H,8-22,25,69H2,1-7H3,(H2,70,92)(H2,71,93)(H2,72,94)(H,73,75)(H,74,76)(H,77,109)(H,78,112)(H,79,106)(H,80,110)(H,81,104)(H,82,107)(H,83,108)(H,84,111)(H,85,114)(H,86,115)(H,87,103)(H,88,113)(H,89,105)(H,95,96)(H,97,98)(H,99,100)(H,101,102)(H,116,117)/t30-,31+,34-,35-,36-,37-,38-,39-,40-,41-,42-,43-,44-,52-,53-,54-/m0/s1. The first-order chi connectivity index (χ1) is 54.7. The van der Waals surface area contributed by atoms with Gasteiger partial charge in [-0.3, -0.25) is 95.9 Å². The van der Waals surface area contributed by atoms with Crippen LogP contribution < -0.4 is 92.1 Å². The molecule has 650 valence electrons. The number of aliphatic hydroxyl groups excluding tert-OH is 2. The van der Waals surface area contributed by atoms with Crippen molar-refractivity contribution in [3.05, 3.63) is 36.4 Å². The molecule has 49 heteroatoms. The molecule has 0 saturated carbocycles. The number of H-pyrrole nitrogens is 2. The van der Waals surface area contributed by atoms with Crippen LogP contribution in [0.1, 0.15) is 143 Å². The van der Waals surface area contributed by atoms with Crippen LogP contribution in [0.3, 0.4) is 0 Å². The van der Waals surface area contributed by atoms with Crippen molar-refractivity contribution in [1.82, 2.24) is 89.1 Å². The number of carboxylic acid groups (broad SMARTS) is 5. The Morgan fingerprint density at radius 3 is 1.10 bits per heavy atom. The zero-order valence-corrected chi connectivity index (χ0v) is 64.9. The van der Waals surface area contributed by atoms with Gasteiger partial charge in [0.15, 0.2) is 0 Å². The van der Waals surface area contributed by atoms with E-state index in [1.807, 2.05) is 10.6 Å². The predicted molar refractivity (Wildman–Crippen MR) is 397 cm³/mol. The van der Waals surface area contributed by atoms with Gasteiger partial charge in [-0.1, -0.05) is 48.0 Å². The highest BCUT2D eigenvalue weighted by Gasteiger charge is 2.41. The number of aliphatic carboxylic acids is 5. The molecule has 0 spiro atoms. The summed E-state index contributed by atoms with van der Waals surface area (Å²) in [5.41, 5.74) is 21.9. The molecule has 0 bridgehead atoms. The van der Waals surface area contributed by atoms with E-state index in [9.17, 15) is 131 Å². The second kappa shape index (κ2) is 49.7. The third-order valence-corrected chi connectivity index (χ3v) is 17.4. The Bertz CT molecular complexity index is 3840. The molecule has 0 aromatic carbocycles. The lowest BCUT2D eigenvalue weighted by Gasteiger charge is -2.30. The Hall–Kier alpha value is -12.8. The fourth-order valence-corrected chi connectivity index (χ4v) is 10.9. The summed E-state index contributed by atoms with van der Waals surface area (Å²) in [4.78, 5) is 291. The maximum atomic E-state index is 14.6. The van der Waals surface area contributed by atoms with Crippen LogP contribution in [0.4, 0.5) is 0 Å². The van der Waals surface area contributed by atoms with Crippen LogP contribution in [0.25, 0.3) is 0 Å². The summed E-state index contributed by atoms with van der Waals surface area (Å²) in [7, 11) is 0. The Balaban J connectivity index is 2.54. The number of nitrogens with two attached hydrogens (primary N) is 4. The maximum absolute atomic E-state index is 14.6. The molecule has 2 aromatic heterocycles. The first-order valence-electron chi connectivity index (χ1n) is 36.6. The highest BCUT2D eigenvalue weighted by atomic mass is 16.4. The molecule has 0 aliphatic heterocycles. The molecule has 16 atom stereocenters. The van der Waals surface area contributed by atoms with Gasteiger partial charge in [-0.15, -0.1) is 0 Å². The highest BCUT2D eigenvalue weighted by Crippen LogP contribution is 2.15. The number of aromatic amines is 2. The Morgan fingerprint density at radius 2 is 0.709 bits per heavy atom. The predicted octanol–water partition coefficient (Wildman–Crippen LogP) is -10.2. The minimum absolute atomic E-state index is 0.00420. The number of aliphatic hydroxyl groups is 2. The van der Waals surface area contributed by atoms with E-state index < -0.39 is 310 Å². The van der Waals surface area contributed by atoms with E-state index in [0.29, 0.717) is 0 Å². The van der Waals surface area contributed by atoms with E-state index in [0.717, 1.165) is 19.6 Å². The molecule has 49 nitrogen and oxygen atoms in total. The van der Waals surface area contributed by atoms with Gasteiger partial charge in [-0.25, -0.2) is 14.8 Å². The number of amides is 16. The minimum Gasteiger partial charge on any atom is -0.481 e. The summed E-state index contributed by atoms with van der Waals surface area (Å²) in [6.45, 7) is 8.94. The van der Waals surface area contributed by atoms with Crippen molar-refractivity contribution in [3.63, 3.8) is 0 Å². The van der Waals surface area contributed by atoms with Crippen LogP contribution in [0, 0.1) is 17.8 Å². The van der Waals surface area contributed by atoms with E-state index in [-0.39, 0.29) is 37.1 Å². The molecule has 0 fully saturated rings. The third kappa shape index (κ3) is 36.9. The summed E-state index contributed by atoms with van der Waals surface area (Å²) in [5.74, 6) is -29.8. The lowest BCUT2D eigenvalue weighted by atomic mass is 9.95. The van der Waals surface area contributed by atoms with Gasteiger partial charge < -0.3 is 138 Å². The number of nitrogens with zero attached hydrogens (tertiary/aromatic N) is 2. The van der Waals surface area contributed by atoms with Gasteiger partial charge in [0.05, 0.1) is 62.1 Å². The number of rotatable bonds is 56. The Morgan fingerprint density at radius 1 is 0.376 bits per heavy atom. The average Bonchev–Trinajstić information content (AvgIpc) is 1.78. The molecule has 0 saturated heterocycles. The largest absolute Gasteiger partial charge is 0.481 e. The van der Waals surface area contributed by atoms with Crippen LogP contribution in [-0.4, -0.2) is 277 Å². The molecular formula is C68H105N21O28. The van der Waals surface area contributed by atoms with E-state index in [2.05, 4.69) is 78.4 Å². The maximum Gasteiger partial charge on any atom is 0.326 e. The number of imidazole rings is 2. The van der Waals surface area contributed by atoms with Gasteiger partial charge in [-0.2, -0.15) is 0 Å². The van der Waals surface area contributed by atoms with E-state index in [4.69, 9.17) is 28.0 Å². The van der Waals surface area contributed by atoms with Crippen LogP contribution in [0.5, 0.6) is 0 Å². The lowest BCUT2D eigenvalue weighted by Crippen LogP contribution is -2.63. The van der Waals surface area contributed by atoms with Gasteiger partial charge in [-0.05, 0) is 56.8 Å². The molecule has 2 rings (SSSR count). The van der Waals surface area contributed by atoms with Gasteiger partial charge >= 0.3 is 29.8 Å². The van der Waals surface area contributed by atoms with Crippen molar-refractivity contribution in [2.75, 3.05) is 6.61 Å². The van der Waals surface area contributed by atoms with Crippen LogP contribution in [0.2, 0.25) is 0 Å². The van der Waals surface area contributed by atoms with E-state index in [1.165, 1.54) is 19.3 Å². The van der Waals surface area contributed by atoms with E-state index in [1.54, 1.807) is 34.6 Å². The molecule has 0 unspecified atom stereocenters. The molecule has 2 heterocycles. The molecule has 0 aliphatic carbocycles. The van der Waals surface area contributed by atoms with Crippen molar-refractivity contribution in [1.29, 1.82) is 0 Å². The van der Waals surface area contributed by atoms with Crippen LogP contribution in [0.15, 0.2) is 25.0 Å². The molecule has 2 aromatic rings. The van der Waals surface area contributed by atoms with Gasteiger partial charge in [0, 0.05) is 50.9 Å². The van der Waals surface area contributed by atoms with Crippen LogP contribution >= 0.6 is 0 Å². The van der Waals surface area contributed by atoms with Crippen molar-refractivity contribution in [2.45, 2.75) is 235 Å². The SMILES string of the molecule is CC[C@H](C)[C@H](NC(=O)[C@@H](NC(=O)[C@@H](N)CCC(N)=O)C(C)C)C(=O)N[C@@H](CC(N)=O)C(=O)N[C@@H](CCC(=O)O)C(=O)N[C@H](C(=O)N[C@@H](CO)C(=O)N[C@@H](CCC(N)=O)C(=O)N[C@@H](Cc1c[nH]cn1)C(=O)N[C@@H](Cc1c[nH]cn1)C(=O)N[C@@H](CC(=O)O)C(=O)N[C@@H](CC(=O)O)C(=O)N[C@@H](CC(C)C)C(=O)N[C@@H](CCC(=O)O)C(=O)O)[C@@H](C)O. The van der Waals surface area contributed by atoms with Crippen molar-refractivity contribution < 1.29 is 136 Å². The number of carboxylic acids is 5. The van der Waals surface area contributed by atoms with Crippen molar-refractivity contribution >= 4 is 124 Å². The van der Waals surface area contributed by atoms with Gasteiger partial charge in [0.25, 0.3) is 0 Å². The topological polar surface area (TPSA) is 818 Å². The Kier molecular flexibility index (Phi) is 42.6. The average molecular weight is 1660 g/mol. The first-order valence-corrected chi connectivity index (χ1v) is 36.6. The normalized spacial score (nSPS) is 15.2. The van der Waals surface area contributed by atoms with E-state index >= 15 is 0 Å². The lowest BCUT2D eigenvalue weighted by molar-refractivity contribution is -0.144. The number of primary amides is 3. The fourth-order valence-electron chi connectivity index (χ4n) is 10.9. The van der Waals surface area contributed by atoms with Crippen LogP contribution in [-0.2, 0) is 114 Å². The second-order valence-electron chi connectivity index (χ2n) is 28.0. The molecule has 0 radical (unpaired) electrons. The van der Waals surface area contributed by atoms with Gasteiger partial charge in [0.2, 0.25) is 94.5 Å². The number of nitrogens with one attached hydrogen (secondary N) is 15. The fraction of sp³-hybridized carbons (Fsp3) is 0.603. The number of hydrogen-bond acceptors (Lipinski definition) is 26. The van der Waals surface area contributed by atoms with Gasteiger partial charge in [0.1, 0.15) is 78.5 Å². The molecule has 0 aliphatic rings. The summed E-state index contributed by atoms with van der Waals surface area (Å²) >= 11 is 0. The number of aromatic nitrogens is 4. The first kappa shape index (κ1) is 100.